The molecule has 0 radical (unpaired) electrons. The minimum atomic E-state index is 0.596. The van der Waals surface area contributed by atoms with E-state index in [-0.39, 0.29) is 0 Å². The van der Waals surface area contributed by atoms with Gasteiger partial charge in [0.05, 0.1) is 0 Å². The number of ether oxygens (including phenoxy) is 2. The number of hydrogen-bond acceptors (Lipinski definition) is 6. The fourth-order valence-corrected chi connectivity index (χ4v) is 2.96. The summed E-state index contributed by atoms with van der Waals surface area (Å²) in [5.41, 5.74) is 0. The van der Waals surface area contributed by atoms with E-state index in [1.807, 2.05) is 38.1 Å². The number of anilines is 1. The molecule has 0 atom stereocenters. The lowest BCUT2D eigenvalue weighted by molar-refractivity contribution is 0.171. The molecule has 1 aromatic heterocycles. The maximum atomic E-state index is 5.60. The van der Waals surface area contributed by atoms with Gasteiger partial charge in [0.15, 0.2) is 11.5 Å². The monoisotopic (exact) mass is 303 g/mol. The molecule has 0 fully saturated rings. The Balaban J connectivity index is 1.83. The second-order valence-corrected chi connectivity index (χ2v) is 5.67. The van der Waals surface area contributed by atoms with Gasteiger partial charge in [-0.15, -0.1) is 0 Å². The average molecular weight is 303 g/mol. The number of hydrogen-bond donors (Lipinski definition) is 1. The van der Waals surface area contributed by atoms with Gasteiger partial charge in [-0.1, -0.05) is 11.8 Å². The van der Waals surface area contributed by atoms with Crippen LogP contribution in [0.5, 0.6) is 11.5 Å². The van der Waals surface area contributed by atoms with Gasteiger partial charge >= 0.3 is 0 Å². The van der Waals surface area contributed by atoms with Crippen LogP contribution in [0, 0.1) is 6.92 Å². The molecule has 5 nitrogen and oxygen atoms in total. The molecular weight excluding hydrogens is 286 g/mol. The van der Waals surface area contributed by atoms with Crippen LogP contribution < -0.4 is 14.8 Å². The fraction of sp³-hybridized carbons (Fsp3) is 0.333. The summed E-state index contributed by atoms with van der Waals surface area (Å²) in [6.45, 7) is 5.99. The van der Waals surface area contributed by atoms with Crippen LogP contribution in [0.15, 0.2) is 34.2 Å². The van der Waals surface area contributed by atoms with Gasteiger partial charge in [0.25, 0.3) is 0 Å². The van der Waals surface area contributed by atoms with Crippen LogP contribution in [0.3, 0.4) is 0 Å². The second kappa shape index (κ2) is 6.22. The SMILES string of the molecule is CCNc1cc(Sc2ccc3c(c2)OCCO3)nc(C)n1. The third-order valence-corrected chi connectivity index (χ3v) is 3.82. The van der Waals surface area contributed by atoms with Crippen LogP contribution in [0.4, 0.5) is 5.82 Å². The molecular formula is C15H17N3O2S. The predicted octanol–water partition coefficient (Wildman–Crippen LogP) is 3.14. The predicted molar refractivity (Wildman–Crippen MR) is 82.5 cm³/mol. The van der Waals surface area contributed by atoms with Gasteiger partial charge in [-0.05, 0) is 32.0 Å². The minimum Gasteiger partial charge on any atom is -0.486 e. The summed E-state index contributed by atoms with van der Waals surface area (Å²) >= 11 is 1.59. The van der Waals surface area contributed by atoms with Crippen molar-refractivity contribution in [3.05, 3.63) is 30.1 Å². The molecule has 1 N–H and O–H groups in total. The van der Waals surface area contributed by atoms with Crippen LogP contribution in [0.2, 0.25) is 0 Å². The smallest absolute Gasteiger partial charge is 0.162 e. The molecule has 21 heavy (non-hydrogen) atoms. The molecule has 6 heteroatoms. The second-order valence-electron chi connectivity index (χ2n) is 4.58. The molecule has 110 valence electrons. The Morgan fingerprint density at radius 1 is 1.14 bits per heavy atom. The molecule has 1 aliphatic rings. The van der Waals surface area contributed by atoms with Crippen molar-refractivity contribution in [3.63, 3.8) is 0 Å². The van der Waals surface area contributed by atoms with Crippen molar-refractivity contribution in [2.45, 2.75) is 23.8 Å². The Hall–Kier alpha value is -1.95. The zero-order valence-corrected chi connectivity index (χ0v) is 12.9. The van der Waals surface area contributed by atoms with E-state index in [4.69, 9.17) is 9.47 Å². The van der Waals surface area contributed by atoms with Gasteiger partial charge in [-0.2, -0.15) is 0 Å². The Bertz CT molecular complexity index is 649. The summed E-state index contributed by atoms with van der Waals surface area (Å²) in [6.07, 6.45) is 0. The zero-order valence-electron chi connectivity index (χ0n) is 12.0. The molecule has 0 aliphatic carbocycles. The third kappa shape index (κ3) is 3.39. The van der Waals surface area contributed by atoms with Crippen molar-refractivity contribution >= 4 is 17.6 Å². The summed E-state index contributed by atoms with van der Waals surface area (Å²) in [5.74, 6) is 3.21. The number of benzene rings is 1. The largest absolute Gasteiger partial charge is 0.486 e. The molecule has 2 heterocycles. The first-order chi connectivity index (χ1) is 10.2. The highest BCUT2D eigenvalue weighted by Gasteiger charge is 2.12. The van der Waals surface area contributed by atoms with Crippen molar-refractivity contribution in [1.29, 1.82) is 0 Å². The van der Waals surface area contributed by atoms with Gasteiger partial charge in [-0.3, -0.25) is 0 Å². The molecule has 3 rings (SSSR count). The highest BCUT2D eigenvalue weighted by atomic mass is 32.2. The van der Waals surface area contributed by atoms with Crippen LogP contribution in [0.25, 0.3) is 0 Å². The van der Waals surface area contributed by atoms with Crippen molar-refractivity contribution < 1.29 is 9.47 Å². The van der Waals surface area contributed by atoms with E-state index in [0.29, 0.717) is 13.2 Å². The van der Waals surface area contributed by atoms with Crippen molar-refractivity contribution in [3.8, 4) is 11.5 Å². The van der Waals surface area contributed by atoms with Gasteiger partial charge in [0.1, 0.15) is 29.9 Å². The van der Waals surface area contributed by atoms with Gasteiger partial charge < -0.3 is 14.8 Å². The summed E-state index contributed by atoms with van der Waals surface area (Å²) in [7, 11) is 0. The average Bonchev–Trinajstić information content (AvgIpc) is 2.47. The number of nitrogens with zero attached hydrogens (tertiary/aromatic N) is 2. The molecule has 0 saturated heterocycles. The van der Waals surface area contributed by atoms with Crippen molar-refractivity contribution in [1.82, 2.24) is 9.97 Å². The molecule has 0 saturated carbocycles. The molecule has 1 aliphatic heterocycles. The van der Waals surface area contributed by atoms with E-state index in [1.54, 1.807) is 11.8 Å². The number of rotatable bonds is 4. The van der Waals surface area contributed by atoms with E-state index in [0.717, 1.165) is 39.6 Å². The normalized spacial score (nSPS) is 13.0. The maximum Gasteiger partial charge on any atom is 0.162 e. The summed E-state index contributed by atoms with van der Waals surface area (Å²) in [4.78, 5) is 9.89. The fourth-order valence-electron chi connectivity index (χ4n) is 2.07. The molecule has 1 aromatic carbocycles. The van der Waals surface area contributed by atoms with Crippen LogP contribution in [0.1, 0.15) is 12.7 Å². The number of fused-ring (bicyclic) bond motifs is 1. The maximum absolute atomic E-state index is 5.60. The summed E-state index contributed by atoms with van der Waals surface area (Å²) < 4.78 is 11.1. The number of aryl methyl sites for hydroxylation is 1. The van der Waals surface area contributed by atoms with Gasteiger partial charge in [-0.25, -0.2) is 9.97 Å². The zero-order chi connectivity index (χ0) is 14.7. The van der Waals surface area contributed by atoms with Crippen molar-refractivity contribution in [2.75, 3.05) is 25.1 Å². The Morgan fingerprint density at radius 3 is 2.76 bits per heavy atom. The highest BCUT2D eigenvalue weighted by molar-refractivity contribution is 7.99. The molecule has 0 bridgehead atoms. The lowest BCUT2D eigenvalue weighted by Gasteiger charge is -2.18. The molecule has 0 amide bonds. The van der Waals surface area contributed by atoms with Crippen molar-refractivity contribution in [2.24, 2.45) is 0 Å². The first-order valence-corrected chi connectivity index (χ1v) is 7.73. The van der Waals surface area contributed by atoms with E-state index in [9.17, 15) is 0 Å². The topological polar surface area (TPSA) is 56.3 Å². The molecule has 0 unspecified atom stereocenters. The van der Waals surface area contributed by atoms with E-state index in [2.05, 4.69) is 15.3 Å². The lowest BCUT2D eigenvalue weighted by Crippen LogP contribution is -2.15. The standard InChI is InChI=1S/C15H17N3O2S/c1-3-16-14-9-15(18-10(2)17-14)21-11-4-5-12-13(8-11)20-7-6-19-12/h4-5,8-9H,3,6-7H2,1-2H3,(H,16,17,18). The quantitative estimate of drug-likeness (QED) is 0.876. The first kappa shape index (κ1) is 14.0. The van der Waals surface area contributed by atoms with Crippen LogP contribution in [-0.2, 0) is 0 Å². The van der Waals surface area contributed by atoms with E-state index >= 15 is 0 Å². The molecule has 2 aromatic rings. The Morgan fingerprint density at radius 2 is 1.95 bits per heavy atom. The number of aromatic nitrogens is 2. The van der Waals surface area contributed by atoms with Crippen LogP contribution in [-0.4, -0.2) is 29.7 Å². The Kier molecular flexibility index (Phi) is 4.15. The van der Waals surface area contributed by atoms with E-state index < -0.39 is 0 Å². The third-order valence-electron chi connectivity index (χ3n) is 2.91. The highest BCUT2D eigenvalue weighted by Crippen LogP contribution is 2.36. The Labute approximate surface area is 128 Å². The van der Waals surface area contributed by atoms with E-state index in [1.165, 1.54) is 0 Å². The van der Waals surface area contributed by atoms with Gasteiger partial charge in [0.2, 0.25) is 0 Å². The summed E-state index contributed by atoms with van der Waals surface area (Å²) in [6, 6.07) is 7.90. The first-order valence-electron chi connectivity index (χ1n) is 6.91. The van der Waals surface area contributed by atoms with Gasteiger partial charge in [0, 0.05) is 17.5 Å². The number of nitrogens with one attached hydrogen (secondary N) is 1. The van der Waals surface area contributed by atoms with Crippen LogP contribution >= 0.6 is 11.8 Å². The summed E-state index contributed by atoms with van der Waals surface area (Å²) in [5, 5.41) is 4.13. The lowest BCUT2D eigenvalue weighted by atomic mass is 10.3. The minimum absolute atomic E-state index is 0.596. The molecule has 0 spiro atoms.